The Hall–Kier alpha value is -3.74. The van der Waals surface area contributed by atoms with Crippen molar-refractivity contribution in [3.8, 4) is 0 Å². The SMILES string of the molecule is C=CCN1C(=O)C(=O)C(=C(O)c2ccc(C)cc2)[C@H]1c1ccc([N+](=O)[O-])cc1. The first-order valence-electron chi connectivity index (χ1n) is 8.56. The number of nitro groups is 1. The van der Waals surface area contributed by atoms with Gasteiger partial charge in [0.2, 0.25) is 0 Å². The zero-order valence-electron chi connectivity index (χ0n) is 15.2. The molecule has 1 heterocycles. The molecule has 1 aliphatic heterocycles. The van der Waals surface area contributed by atoms with Gasteiger partial charge in [-0.1, -0.05) is 35.9 Å². The van der Waals surface area contributed by atoms with Gasteiger partial charge in [0.15, 0.2) is 0 Å². The Labute approximate surface area is 161 Å². The second kappa shape index (κ2) is 7.48. The molecule has 0 aromatic heterocycles. The highest BCUT2D eigenvalue weighted by atomic mass is 16.6. The minimum absolute atomic E-state index is 0.0513. The van der Waals surface area contributed by atoms with Gasteiger partial charge in [0.1, 0.15) is 5.76 Å². The van der Waals surface area contributed by atoms with Gasteiger partial charge >= 0.3 is 0 Å². The number of aryl methyl sites for hydroxylation is 1. The van der Waals surface area contributed by atoms with Crippen molar-refractivity contribution in [2.24, 2.45) is 0 Å². The van der Waals surface area contributed by atoms with Crippen LogP contribution < -0.4 is 0 Å². The number of likely N-dealkylation sites (tertiary alicyclic amines) is 1. The van der Waals surface area contributed by atoms with Crippen molar-refractivity contribution in [2.75, 3.05) is 6.54 Å². The lowest BCUT2D eigenvalue weighted by Gasteiger charge is -2.24. The Morgan fingerprint density at radius 2 is 1.79 bits per heavy atom. The van der Waals surface area contributed by atoms with Crippen molar-refractivity contribution in [1.29, 1.82) is 0 Å². The van der Waals surface area contributed by atoms with E-state index in [4.69, 9.17) is 0 Å². The second-order valence-electron chi connectivity index (χ2n) is 6.45. The van der Waals surface area contributed by atoms with Gasteiger partial charge in [-0.25, -0.2) is 0 Å². The molecule has 7 nitrogen and oxygen atoms in total. The fraction of sp³-hybridized carbons (Fsp3) is 0.143. The number of carbonyl (C=O) groups is 2. The van der Waals surface area contributed by atoms with E-state index in [1.54, 1.807) is 24.3 Å². The summed E-state index contributed by atoms with van der Waals surface area (Å²) in [5.74, 6) is -1.84. The molecular formula is C21H18N2O5. The van der Waals surface area contributed by atoms with Crippen molar-refractivity contribution >= 4 is 23.1 Å². The molecule has 28 heavy (non-hydrogen) atoms. The molecule has 0 bridgehead atoms. The number of aliphatic hydroxyl groups excluding tert-OH is 1. The van der Waals surface area contributed by atoms with Gasteiger partial charge in [-0.2, -0.15) is 0 Å². The summed E-state index contributed by atoms with van der Waals surface area (Å²) in [5.41, 5.74) is 1.72. The average Bonchev–Trinajstić information content (AvgIpc) is 2.93. The number of ketones is 1. The molecule has 2 aromatic carbocycles. The van der Waals surface area contributed by atoms with E-state index in [0.717, 1.165) is 5.56 Å². The summed E-state index contributed by atoms with van der Waals surface area (Å²) in [6.45, 7) is 5.60. The summed E-state index contributed by atoms with van der Waals surface area (Å²) >= 11 is 0. The first-order chi connectivity index (χ1) is 13.3. The Bertz CT molecular complexity index is 990. The standard InChI is InChI=1S/C21H18N2O5/c1-3-12-22-18(14-8-10-16(11-9-14)23(27)28)17(20(25)21(22)26)19(24)15-6-4-13(2)5-7-15/h3-11,18,24H,1,12H2,2H3/t18-/m1/s1. The third-order valence-corrected chi connectivity index (χ3v) is 4.61. The number of hydrogen-bond donors (Lipinski definition) is 1. The van der Waals surface area contributed by atoms with E-state index in [-0.39, 0.29) is 23.6 Å². The predicted molar refractivity (Wildman–Crippen MR) is 103 cm³/mol. The Morgan fingerprint density at radius 1 is 1.18 bits per heavy atom. The summed E-state index contributed by atoms with van der Waals surface area (Å²) < 4.78 is 0. The van der Waals surface area contributed by atoms with E-state index < -0.39 is 22.7 Å². The molecule has 1 aliphatic rings. The molecule has 0 saturated carbocycles. The van der Waals surface area contributed by atoms with Crippen LogP contribution in [-0.4, -0.2) is 33.2 Å². The number of aliphatic hydroxyl groups is 1. The Morgan fingerprint density at radius 3 is 2.32 bits per heavy atom. The first-order valence-corrected chi connectivity index (χ1v) is 8.56. The number of Topliss-reactive ketones (excluding diaryl/α,β-unsaturated/α-hetero) is 1. The molecule has 7 heteroatoms. The number of hydrogen-bond acceptors (Lipinski definition) is 5. The number of rotatable bonds is 5. The molecular weight excluding hydrogens is 360 g/mol. The van der Waals surface area contributed by atoms with Crippen LogP contribution in [0.25, 0.3) is 5.76 Å². The molecule has 1 fully saturated rings. The van der Waals surface area contributed by atoms with Gasteiger partial charge in [0.05, 0.1) is 16.5 Å². The van der Waals surface area contributed by atoms with Crippen LogP contribution in [0, 0.1) is 17.0 Å². The Kier molecular flexibility index (Phi) is 5.08. The number of benzene rings is 2. The fourth-order valence-corrected chi connectivity index (χ4v) is 3.20. The molecule has 1 atom stereocenters. The molecule has 2 aromatic rings. The highest BCUT2D eigenvalue weighted by Gasteiger charge is 2.45. The maximum atomic E-state index is 12.7. The van der Waals surface area contributed by atoms with Crippen molar-refractivity contribution in [2.45, 2.75) is 13.0 Å². The predicted octanol–water partition coefficient (Wildman–Crippen LogP) is 3.51. The number of nitro benzene ring substituents is 1. The summed E-state index contributed by atoms with van der Waals surface area (Å²) in [6, 6.07) is 11.6. The lowest BCUT2D eigenvalue weighted by atomic mass is 9.95. The van der Waals surface area contributed by atoms with Crippen molar-refractivity contribution in [3.63, 3.8) is 0 Å². The average molecular weight is 378 g/mol. The van der Waals surface area contributed by atoms with Crippen LogP contribution in [0.5, 0.6) is 0 Å². The lowest BCUT2D eigenvalue weighted by Crippen LogP contribution is -2.29. The molecule has 1 saturated heterocycles. The monoisotopic (exact) mass is 378 g/mol. The highest BCUT2D eigenvalue weighted by Crippen LogP contribution is 2.39. The van der Waals surface area contributed by atoms with E-state index >= 15 is 0 Å². The molecule has 0 radical (unpaired) electrons. The summed E-state index contributed by atoms with van der Waals surface area (Å²) in [6.07, 6.45) is 1.48. The van der Waals surface area contributed by atoms with E-state index in [1.807, 2.05) is 6.92 Å². The topological polar surface area (TPSA) is 101 Å². The van der Waals surface area contributed by atoms with Crippen molar-refractivity contribution < 1.29 is 19.6 Å². The van der Waals surface area contributed by atoms with Gasteiger partial charge in [0, 0.05) is 24.2 Å². The van der Waals surface area contributed by atoms with Gasteiger partial charge < -0.3 is 10.0 Å². The minimum Gasteiger partial charge on any atom is -0.507 e. The fourth-order valence-electron chi connectivity index (χ4n) is 3.20. The zero-order chi connectivity index (χ0) is 20.4. The molecule has 0 spiro atoms. The van der Waals surface area contributed by atoms with Crippen LogP contribution in [0.4, 0.5) is 5.69 Å². The van der Waals surface area contributed by atoms with Crippen molar-refractivity contribution in [1.82, 2.24) is 4.90 Å². The molecule has 3 rings (SSSR count). The first kappa shape index (κ1) is 19.0. The van der Waals surface area contributed by atoms with Gasteiger partial charge in [-0.3, -0.25) is 19.7 Å². The highest BCUT2D eigenvalue weighted by molar-refractivity contribution is 6.46. The van der Waals surface area contributed by atoms with E-state index in [1.165, 1.54) is 35.2 Å². The molecule has 1 amide bonds. The number of nitrogens with zero attached hydrogens (tertiary/aromatic N) is 2. The normalized spacial score (nSPS) is 18.3. The van der Waals surface area contributed by atoms with Crippen LogP contribution in [0.3, 0.4) is 0 Å². The van der Waals surface area contributed by atoms with Gasteiger partial charge in [-0.05, 0) is 24.6 Å². The second-order valence-corrected chi connectivity index (χ2v) is 6.45. The quantitative estimate of drug-likeness (QED) is 0.214. The smallest absolute Gasteiger partial charge is 0.295 e. The lowest BCUT2D eigenvalue weighted by molar-refractivity contribution is -0.384. The summed E-state index contributed by atoms with van der Waals surface area (Å²) in [4.78, 5) is 36.9. The van der Waals surface area contributed by atoms with Crippen LogP contribution >= 0.6 is 0 Å². The third kappa shape index (κ3) is 3.29. The number of carbonyl (C=O) groups excluding carboxylic acids is 2. The van der Waals surface area contributed by atoms with Crippen LogP contribution in [-0.2, 0) is 9.59 Å². The molecule has 1 N–H and O–H groups in total. The molecule has 142 valence electrons. The van der Waals surface area contributed by atoms with E-state index in [2.05, 4.69) is 6.58 Å². The van der Waals surface area contributed by atoms with Gasteiger partial charge in [0.25, 0.3) is 17.4 Å². The molecule has 0 unspecified atom stereocenters. The van der Waals surface area contributed by atoms with Crippen molar-refractivity contribution in [3.05, 3.63) is 93.6 Å². The third-order valence-electron chi connectivity index (χ3n) is 4.61. The molecule has 0 aliphatic carbocycles. The van der Waals surface area contributed by atoms with Crippen LogP contribution in [0.15, 0.2) is 66.8 Å². The maximum Gasteiger partial charge on any atom is 0.295 e. The largest absolute Gasteiger partial charge is 0.507 e. The van der Waals surface area contributed by atoms with E-state index in [9.17, 15) is 24.8 Å². The minimum atomic E-state index is -0.861. The maximum absolute atomic E-state index is 12.7. The van der Waals surface area contributed by atoms with E-state index in [0.29, 0.717) is 11.1 Å². The number of non-ortho nitro benzene ring substituents is 1. The van der Waals surface area contributed by atoms with Crippen LogP contribution in [0.2, 0.25) is 0 Å². The zero-order valence-corrected chi connectivity index (χ0v) is 15.2. The van der Waals surface area contributed by atoms with Gasteiger partial charge in [-0.15, -0.1) is 6.58 Å². The summed E-state index contributed by atoms with van der Waals surface area (Å²) in [5, 5.41) is 21.7. The summed E-state index contributed by atoms with van der Waals surface area (Å²) in [7, 11) is 0. The Balaban J connectivity index is 2.17. The number of amides is 1. The van der Waals surface area contributed by atoms with Crippen LogP contribution in [0.1, 0.15) is 22.7 Å².